The number of rotatable bonds is 2. The zero-order valence-corrected chi connectivity index (χ0v) is 15.6. The molecule has 138 valence electrons. The van der Waals surface area contributed by atoms with Crippen LogP contribution in [0.4, 0.5) is 5.69 Å². The number of fused-ring (bicyclic) bond motifs is 3. The van der Waals surface area contributed by atoms with E-state index in [2.05, 4.69) is 58.4 Å². The van der Waals surface area contributed by atoms with Gasteiger partial charge in [-0.25, -0.2) is 4.98 Å². The number of aliphatic hydroxyl groups is 1. The largest absolute Gasteiger partial charge is 0.393 e. The predicted molar refractivity (Wildman–Crippen MR) is 110 cm³/mol. The molecule has 2 aliphatic rings. The molecule has 0 bridgehead atoms. The van der Waals surface area contributed by atoms with Crippen LogP contribution in [0.15, 0.2) is 54.7 Å². The highest BCUT2D eigenvalue weighted by molar-refractivity contribution is 5.94. The van der Waals surface area contributed by atoms with Crippen molar-refractivity contribution in [2.24, 2.45) is 0 Å². The molecule has 4 heteroatoms. The zero-order valence-electron chi connectivity index (χ0n) is 15.6. The van der Waals surface area contributed by atoms with Gasteiger partial charge in [0.05, 0.1) is 18.0 Å². The number of hydrogen-bond acceptors (Lipinski definition) is 4. The quantitative estimate of drug-likeness (QED) is 0.578. The van der Waals surface area contributed by atoms with Crippen LogP contribution in [0.3, 0.4) is 0 Å². The molecule has 1 saturated heterocycles. The Morgan fingerprint density at radius 1 is 0.964 bits per heavy atom. The molecule has 28 heavy (non-hydrogen) atoms. The first-order valence-electron chi connectivity index (χ1n) is 9.78. The van der Waals surface area contributed by atoms with Crippen LogP contribution in [-0.4, -0.2) is 29.3 Å². The molecule has 0 saturated carbocycles. The van der Waals surface area contributed by atoms with Crippen LogP contribution >= 0.6 is 0 Å². The Kier molecular flexibility index (Phi) is 4.11. The van der Waals surface area contributed by atoms with Crippen LogP contribution in [0.5, 0.6) is 0 Å². The molecule has 0 amide bonds. The third-order valence-electron chi connectivity index (χ3n) is 5.91. The average Bonchev–Trinajstić information content (AvgIpc) is 3.13. The number of nitriles is 1. The molecule has 0 radical (unpaired) electrons. The fourth-order valence-corrected chi connectivity index (χ4v) is 4.50. The molecular formula is C24H21N3O. The molecule has 1 aliphatic heterocycles. The van der Waals surface area contributed by atoms with Crippen molar-refractivity contribution >= 4 is 5.69 Å². The molecule has 2 heterocycles. The predicted octanol–water partition coefficient (Wildman–Crippen LogP) is 4.15. The van der Waals surface area contributed by atoms with E-state index in [9.17, 15) is 10.4 Å². The van der Waals surface area contributed by atoms with E-state index in [1.807, 2.05) is 12.3 Å². The van der Waals surface area contributed by atoms with Crippen molar-refractivity contribution in [3.63, 3.8) is 0 Å². The summed E-state index contributed by atoms with van der Waals surface area (Å²) in [4.78, 5) is 6.64. The second-order valence-corrected chi connectivity index (χ2v) is 7.59. The summed E-state index contributed by atoms with van der Waals surface area (Å²) in [6.45, 7) is 1.60. The van der Waals surface area contributed by atoms with Gasteiger partial charge in [-0.3, -0.25) is 0 Å². The molecule has 1 fully saturated rings. The first-order chi connectivity index (χ1) is 13.7. The second-order valence-electron chi connectivity index (χ2n) is 7.59. The van der Waals surface area contributed by atoms with Crippen LogP contribution in [0.1, 0.15) is 29.7 Å². The Labute approximate surface area is 164 Å². The fourth-order valence-electron chi connectivity index (χ4n) is 4.50. The van der Waals surface area contributed by atoms with Crippen molar-refractivity contribution in [3.05, 3.63) is 71.5 Å². The molecule has 5 rings (SSSR count). The third-order valence-corrected chi connectivity index (χ3v) is 5.91. The van der Waals surface area contributed by atoms with E-state index in [-0.39, 0.29) is 6.10 Å². The standard InChI is InChI=1S/C24H21N3O/c25-14-18-13-22(23(15-26-18)27-10-8-19(28)9-11-27)21-7-3-5-17-12-16-4-1-2-6-20(16)24(17)21/h1-7,13,15,19,28H,8-12H2. The van der Waals surface area contributed by atoms with E-state index in [0.717, 1.165) is 49.2 Å². The maximum Gasteiger partial charge on any atom is 0.141 e. The van der Waals surface area contributed by atoms with Crippen molar-refractivity contribution in [2.45, 2.75) is 25.4 Å². The number of aliphatic hydroxyl groups excluding tert-OH is 1. The van der Waals surface area contributed by atoms with Gasteiger partial charge in [0.25, 0.3) is 0 Å². The average molecular weight is 367 g/mol. The van der Waals surface area contributed by atoms with Gasteiger partial charge in [-0.1, -0.05) is 42.5 Å². The summed E-state index contributed by atoms with van der Waals surface area (Å²) >= 11 is 0. The van der Waals surface area contributed by atoms with Gasteiger partial charge in [-0.15, -0.1) is 0 Å². The van der Waals surface area contributed by atoms with Gasteiger partial charge in [0.1, 0.15) is 11.8 Å². The number of pyridine rings is 1. The van der Waals surface area contributed by atoms with E-state index in [4.69, 9.17) is 0 Å². The van der Waals surface area contributed by atoms with Gasteiger partial charge in [0, 0.05) is 18.7 Å². The topological polar surface area (TPSA) is 60.2 Å². The molecular weight excluding hydrogens is 346 g/mol. The van der Waals surface area contributed by atoms with Crippen molar-refractivity contribution in [2.75, 3.05) is 18.0 Å². The molecule has 0 atom stereocenters. The van der Waals surface area contributed by atoms with E-state index in [1.54, 1.807) is 0 Å². The summed E-state index contributed by atoms with van der Waals surface area (Å²) in [5, 5.41) is 19.3. The maximum absolute atomic E-state index is 9.89. The Hall–Kier alpha value is -3.16. The molecule has 3 aromatic rings. The molecule has 0 spiro atoms. The zero-order chi connectivity index (χ0) is 19.1. The number of aromatic nitrogens is 1. The highest BCUT2D eigenvalue weighted by Crippen LogP contribution is 2.45. The summed E-state index contributed by atoms with van der Waals surface area (Å²) in [5.74, 6) is 0. The van der Waals surface area contributed by atoms with Gasteiger partial charge in [0.15, 0.2) is 0 Å². The lowest BCUT2D eigenvalue weighted by molar-refractivity contribution is 0.145. The SMILES string of the molecule is N#Cc1cc(-c2cccc3c2-c2ccccc2C3)c(N2CCC(O)CC2)cn1. The normalized spacial score (nSPS) is 15.8. The smallest absolute Gasteiger partial charge is 0.141 e. The van der Waals surface area contributed by atoms with E-state index < -0.39 is 0 Å². The lowest BCUT2D eigenvalue weighted by Crippen LogP contribution is -2.36. The number of anilines is 1. The van der Waals surface area contributed by atoms with E-state index in [1.165, 1.54) is 22.3 Å². The monoisotopic (exact) mass is 367 g/mol. The number of nitrogens with zero attached hydrogens (tertiary/aromatic N) is 3. The highest BCUT2D eigenvalue weighted by atomic mass is 16.3. The summed E-state index contributed by atoms with van der Waals surface area (Å²) in [6.07, 6.45) is 4.07. The number of hydrogen-bond donors (Lipinski definition) is 1. The Balaban J connectivity index is 1.69. The van der Waals surface area contributed by atoms with Crippen LogP contribution in [0.25, 0.3) is 22.3 Å². The molecule has 4 nitrogen and oxygen atoms in total. The van der Waals surface area contributed by atoms with E-state index in [0.29, 0.717) is 5.69 Å². The van der Waals surface area contributed by atoms with Gasteiger partial charge >= 0.3 is 0 Å². The van der Waals surface area contributed by atoms with Crippen molar-refractivity contribution in [3.8, 4) is 28.3 Å². The highest BCUT2D eigenvalue weighted by Gasteiger charge is 2.25. The Bertz CT molecular complexity index is 1090. The molecule has 0 unspecified atom stereocenters. The minimum Gasteiger partial charge on any atom is -0.393 e. The van der Waals surface area contributed by atoms with Crippen LogP contribution in [0.2, 0.25) is 0 Å². The summed E-state index contributed by atoms with van der Waals surface area (Å²) in [5.41, 5.74) is 8.91. The maximum atomic E-state index is 9.89. The molecule has 1 aliphatic carbocycles. The summed E-state index contributed by atoms with van der Waals surface area (Å²) in [7, 11) is 0. The molecule has 1 N–H and O–H groups in total. The van der Waals surface area contributed by atoms with Crippen molar-refractivity contribution < 1.29 is 5.11 Å². The minimum atomic E-state index is -0.223. The summed E-state index contributed by atoms with van der Waals surface area (Å²) in [6, 6.07) is 19.1. The van der Waals surface area contributed by atoms with Crippen LogP contribution in [0, 0.1) is 11.3 Å². The molecule has 1 aromatic heterocycles. The van der Waals surface area contributed by atoms with Crippen LogP contribution < -0.4 is 4.90 Å². The lowest BCUT2D eigenvalue weighted by atomic mass is 9.92. The van der Waals surface area contributed by atoms with Crippen molar-refractivity contribution in [1.29, 1.82) is 5.26 Å². The Morgan fingerprint density at radius 3 is 2.54 bits per heavy atom. The van der Waals surface area contributed by atoms with Gasteiger partial charge in [-0.2, -0.15) is 5.26 Å². The first-order valence-corrected chi connectivity index (χ1v) is 9.78. The minimum absolute atomic E-state index is 0.223. The third kappa shape index (κ3) is 2.76. The number of benzene rings is 2. The van der Waals surface area contributed by atoms with Crippen molar-refractivity contribution in [1.82, 2.24) is 4.98 Å². The molecule has 2 aromatic carbocycles. The summed E-state index contributed by atoms with van der Waals surface area (Å²) < 4.78 is 0. The number of piperidine rings is 1. The second kappa shape index (κ2) is 6.78. The van der Waals surface area contributed by atoms with Crippen LogP contribution in [-0.2, 0) is 6.42 Å². The first kappa shape index (κ1) is 17.0. The van der Waals surface area contributed by atoms with Gasteiger partial charge in [0.2, 0.25) is 0 Å². The van der Waals surface area contributed by atoms with Gasteiger partial charge < -0.3 is 10.0 Å². The van der Waals surface area contributed by atoms with E-state index >= 15 is 0 Å². The Morgan fingerprint density at radius 2 is 1.71 bits per heavy atom. The lowest BCUT2D eigenvalue weighted by Gasteiger charge is -2.33. The van der Waals surface area contributed by atoms with Gasteiger partial charge in [-0.05, 0) is 53.1 Å². The fraction of sp³-hybridized carbons (Fsp3) is 0.250.